The smallest absolute Gasteiger partial charge is 0.245 e. The molecule has 0 aliphatic rings. The predicted molar refractivity (Wildman–Crippen MR) is 99.4 cm³/mol. The van der Waals surface area contributed by atoms with Crippen LogP contribution in [0.4, 0.5) is 5.69 Å². The van der Waals surface area contributed by atoms with Crippen molar-refractivity contribution in [3.05, 3.63) is 72.3 Å². The second-order valence-electron chi connectivity index (χ2n) is 5.48. The highest BCUT2D eigenvalue weighted by atomic mass is 35.5. The molecule has 2 unspecified atom stereocenters. The van der Waals surface area contributed by atoms with Gasteiger partial charge in [-0.25, -0.2) is 0 Å². The lowest BCUT2D eigenvalue weighted by Crippen LogP contribution is -2.37. The fourth-order valence-corrected chi connectivity index (χ4v) is 3.06. The first-order valence-corrected chi connectivity index (χ1v) is 8.15. The van der Waals surface area contributed by atoms with E-state index in [1.807, 2.05) is 54.6 Å². The highest BCUT2D eigenvalue weighted by molar-refractivity contribution is 6.33. The predicted octanol–water partition coefficient (Wildman–Crippen LogP) is 4.27. The Morgan fingerprint density at radius 2 is 1.79 bits per heavy atom. The molecule has 1 amide bonds. The SMILES string of the molecule is C=Cc1ccccc1N(C)C(=O)C(Cl)C(CC=O)c1ccccc1. The van der Waals surface area contributed by atoms with Crippen LogP contribution >= 0.6 is 11.6 Å². The van der Waals surface area contributed by atoms with Crippen LogP contribution in [0.3, 0.4) is 0 Å². The lowest BCUT2D eigenvalue weighted by Gasteiger charge is -2.26. The second-order valence-corrected chi connectivity index (χ2v) is 5.95. The molecular weight excluding hydrogens is 322 g/mol. The summed E-state index contributed by atoms with van der Waals surface area (Å²) in [5, 5.41) is -0.833. The van der Waals surface area contributed by atoms with Gasteiger partial charge in [0.15, 0.2) is 0 Å². The number of alkyl halides is 1. The summed E-state index contributed by atoms with van der Waals surface area (Å²) < 4.78 is 0. The Balaban J connectivity index is 2.29. The minimum atomic E-state index is -0.833. The van der Waals surface area contributed by atoms with Crippen LogP contribution in [-0.2, 0) is 9.59 Å². The molecule has 4 heteroatoms. The number of para-hydroxylation sites is 1. The third kappa shape index (κ3) is 3.92. The van der Waals surface area contributed by atoms with E-state index in [0.717, 1.165) is 23.1 Å². The van der Waals surface area contributed by atoms with Gasteiger partial charge in [0, 0.05) is 19.4 Å². The summed E-state index contributed by atoms with van der Waals surface area (Å²) in [6.45, 7) is 3.77. The zero-order valence-electron chi connectivity index (χ0n) is 13.6. The van der Waals surface area contributed by atoms with E-state index in [0.29, 0.717) is 0 Å². The number of hydrogen-bond donors (Lipinski definition) is 0. The number of amides is 1. The quantitative estimate of drug-likeness (QED) is 0.557. The maximum atomic E-state index is 12.8. The van der Waals surface area contributed by atoms with Gasteiger partial charge in [-0.15, -0.1) is 11.6 Å². The van der Waals surface area contributed by atoms with Crippen molar-refractivity contribution in [2.24, 2.45) is 0 Å². The molecule has 2 aromatic rings. The Hall–Kier alpha value is -2.39. The van der Waals surface area contributed by atoms with Crippen molar-refractivity contribution in [2.75, 3.05) is 11.9 Å². The summed E-state index contributed by atoms with van der Waals surface area (Å²) in [5.41, 5.74) is 2.47. The molecule has 0 spiro atoms. The van der Waals surface area contributed by atoms with Gasteiger partial charge in [-0.1, -0.05) is 61.2 Å². The van der Waals surface area contributed by atoms with E-state index in [1.54, 1.807) is 13.1 Å². The monoisotopic (exact) mass is 341 g/mol. The molecule has 0 bridgehead atoms. The number of carbonyl (C=O) groups is 2. The summed E-state index contributed by atoms with van der Waals surface area (Å²) in [6, 6.07) is 16.9. The number of nitrogens with zero attached hydrogens (tertiary/aromatic N) is 1. The van der Waals surface area contributed by atoms with Crippen LogP contribution in [0.1, 0.15) is 23.5 Å². The lowest BCUT2D eigenvalue weighted by molar-refractivity contribution is -0.118. The average molecular weight is 342 g/mol. The average Bonchev–Trinajstić information content (AvgIpc) is 2.65. The molecule has 3 nitrogen and oxygen atoms in total. The van der Waals surface area contributed by atoms with Crippen molar-refractivity contribution in [1.29, 1.82) is 0 Å². The number of rotatable bonds is 7. The number of halogens is 1. The van der Waals surface area contributed by atoms with Crippen molar-refractivity contribution in [2.45, 2.75) is 17.7 Å². The highest BCUT2D eigenvalue weighted by Gasteiger charge is 2.30. The molecule has 0 N–H and O–H groups in total. The molecule has 0 saturated heterocycles. The first kappa shape index (κ1) is 18.0. The van der Waals surface area contributed by atoms with Gasteiger partial charge in [0.25, 0.3) is 0 Å². The van der Waals surface area contributed by atoms with Crippen molar-refractivity contribution in [1.82, 2.24) is 0 Å². The molecule has 0 fully saturated rings. The summed E-state index contributed by atoms with van der Waals surface area (Å²) in [4.78, 5) is 25.4. The Morgan fingerprint density at radius 1 is 1.17 bits per heavy atom. The highest BCUT2D eigenvalue weighted by Crippen LogP contribution is 2.30. The maximum absolute atomic E-state index is 12.8. The molecular formula is C20H20ClNO2. The summed E-state index contributed by atoms with van der Waals surface area (Å²) in [5.74, 6) is -0.613. The molecule has 2 atom stereocenters. The molecule has 0 saturated carbocycles. The minimum absolute atomic E-state index is 0.195. The van der Waals surface area contributed by atoms with E-state index in [1.165, 1.54) is 4.90 Å². The van der Waals surface area contributed by atoms with Crippen LogP contribution in [0, 0.1) is 0 Å². The second kappa shape index (κ2) is 8.46. The molecule has 0 aliphatic heterocycles. The largest absolute Gasteiger partial charge is 0.314 e. The Morgan fingerprint density at radius 3 is 2.42 bits per heavy atom. The molecule has 0 aliphatic carbocycles. The van der Waals surface area contributed by atoms with Crippen LogP contribution in [-0.4, -0.2) is 24.6 Å². The molecule has 124 valence electrons. The van der Waals surface area contributed by atoms with Gasteiger partial charge in [0.1, 0.15) is 11.7 Å². The summed E-state index contributed by atoms with van der Waals surface area (Å²) in [6.07, 6.45) is 2.70. The van der Waals surface area contributed by atoms with Gasteiger partial charge in [-0.3, -0.25) is 4.79 Å². The normalized spacial score (nSPS) is 12.9. The molecule has 2 rings (SSSR count). The number of hydrogen-bond acceptors (Lipinski definition) is 2. The van der Waals surface area contributed by atoms with Crippen LogP contribution in [0.15, 0.2) is 61.2 Å². The van der Waals surface area contributed by atoms with Crippen molar-refractivity contribution in [3.8, 4) is 0 Å². The van der Waals surface area contributed by atoms with Gasteiger partial charge in [0.2, 0.25) is 5.91 Å². The molecule has 2 aromatic carbocycles. The van der Waals surface area contributed by atoms with Crippen LogP contribution < -0.4 is 4.90 Å². The van der Waals surface area contributed by atoms with Gasteiger partial charge < -0.3 is 9.69 Å². The van der Waals surface area contributed by atoms with E-state index < -0.39 is 5.38 Å². The standard InChI is InChI=1S/C20H20ClNO2/c1-3-15-9-7-8-12-18(15)22(2)20(24)19(21)17(13-14-23)16-10-5-4-6-11-16/h3-12,14,17,19H,1,13H2,2H3. The van der Waals surface area contributed by atoms with Gasteiger partial charge in [-0.2, -0.15) is 0 Å². The van der Waals surface area contributed by atoms with Crippen LogP contribution in [0.25, 0.3) is 6.08 Å². The fraction of sp³-hybridized carbons (Fsp3) is 0.200. The third-order valence-corrected chi connectivity index (χ3v) is 4.51. The van der Waals surface area contributed by atoms with E-state index in [-0.39, 0.29) is 18.2 Å². The van der Waals surface area contributed by atoms with Crippen LogP contribution in [0.2, 0.25) is 0 Å². The van der Waals surface area contributed by atoms with E-state index >= 15 is 0 Å². The number of anilines is 1. The van der Waals surface area contributed by atoms with Crippen molar-refractivity contribution >= 4 is 35.6 Å². The Bertz CT molecular complexity index is 715. The number of carbonyl (C=O) groups excluding carboxylic acids is 2. The summed E-state index contributed by atoms with van der Waals surface area (Å²) >= 11 is 6.47. The van der Waals surface area contributed by atoms with Crippen LogP contribution in [0.5, 0.6) is 0 Å². The molecule has 0 radical (unpaired) electrons. The fourth-order valence-electron chi connectivity index (χ4n) is 2.67. The zero-order chi connectivity index (χ0) is 17.5. The molecule has 0 aromatic heterocycles. The number of benzene rings is 2. The van der Waals surface area contributed by atoms with E-state index in [2.05, 4.69) is 6.58 Å². The third-order valence-electron chi connectivity index (χ3n) is 4.02. The number of aldehydes is 1. The van der Waals surface area contributed by atoms with Gasteiger partial charge in [-0.05, 0) is 17.2 Å². The van der Waals surface area contributed by atoms with Crippen molar-refractivity contribution < 1.29 is 9.59 Å². The van der Waals surface area contributed by atoms with E-state index in [9.17, 15) is 9.59 Å². The topological polar surface area (TPSA) is 37.4 Å². The first-order valence-electron chi connectivity index (χ1n) is 7.71. The van der Waals surface area contributed by atoms with Gasteiger partial charge >= 0.3 is 0 Å². The Labute approximate surface area is 147 Å². The summed E-state index contributed by atoms with van der Waals surface area (Å²) in [7, 11) is 1.68. The molecule has 24 heavy (non-hydrogen) atoms. The maximum Gasteiger partial charge on any atom is 0.245 e. The van der Waals surface area contributed by atoms with Gasteiger partial charge in [0.05, 0.1) is 5.69 Å². The van der Waals surface area contributed by atoms with Crippen molar-refractivity contribution in [3.63, 3.8) is 0 Å². The van der Waals surface area contributed by atoms with E-state index in [4.69, 9.17) is 11.6 Å². The Kier molecular flexibility index (Phi) is 6.33. The zero-order valence-corrected chi connectivity index (χ0v) is 14.3. The first-order chi connectivity index (χ1) is 11.6. The minimum Gasteiger partial charge on any atom is -0.314 e. The lowest BCUT2D eigenvalue weighted by atomic mass is 9.92. The molecule has 0 heterocycles.